The monoisotopic (exact) mass is 599 g/mol. The molecule has 3 rings (SSSR count). The molecule has 2 atom stereocenters. The summed E-state index contributed by atoms with van der Waals surface area (Å²) in [6.45, 7) is 8.86. The standard InChI is InChI=1S/C31H38ClN3O5S/c1-7-23(4)33-31(37)24(5)34(19-25-11-9-8-10-22(25)3)30(36)20-35(26-14-17-29(40-6)28(32)18-26)41(38,39)27-15-12-21(2)13-16-27/h8-18,23-24H,7,19-20H2,1-6H3,(H,33,37)/t23-,24+/m0/s1. The van der Waals surface area contributed by atoms with Crippen molar-refractivity contribution in [2.75, 3.05) is 18.0 Å². The third kappa shape index (κ3) is 7.80. The number of nitrogens with zero attached hydrogens (tertiary/aromatic N) is 2. The van der Waals surface area contributed by atoms with Crippen LogP contribution in [0.25, 0.3) is 0 Å². The number of carbonyl (C=O) groups excluding carboxylic acids is 2. The van der Waals surface area contributed by atoms with E-state index in [1.807, 2.05) is 52.0 Å². The zero-order valence-electron chi connectivity index (χ0n) is 24.3. The Labute approximate surface area is 248 Å². The van der Waals surface area contributed by atoms with Crippen molar-refractivity contribution in [2.45, 2.75) is 64.6 Å². The molecule has 220 valence electrons. The van der Waals surface area contributed by atoms with Gasteiger partial charge in [-0.3, -0.25) is 13.9 Å². The molecule has 41 heavy (non-hydrogen) atoms. The van der Waals surface area contributed by atoms with Crippen LogP contribution in [0.3, 0.4) is 0 Å². The number of hydrogen-bond acceptors (Lipinski definition) is 5. The largest absolute Gasteiger partial charge is 0.495 e. The number of aryl methyl sites for hydroxylation is 2. The smallest absolute Gasteiger partial charge is 0.264 e. The summed E-state index contributed by atoms with van der Waals surface area (Å²) < 4.78 is 34.2. The zero-order chi connectivity index (χ0) is 30.3. The van der Waals surface area contributed by atoms with Crippen LogP contribution >= 0.6 is 11.6 Å². The van der Waals surface area contributed by atoms with Crippen molar-refractivity contribution >= 4 is 39.1 Å². The molecule has 1 N–H and O–H groups in total. The van der Waals surface area contributed by atoms with Gasteiger partial charge in [0.2, 0.25) is 11.8 Å². The molecule has 0 radical (unpaired) electrons. The lowest BCUT2D eigenvalue weighted by Crippen LogP contribution is -2.52. The van der Waals surface area contributed by atoms with E-state index in [0.717, 1.165) is 27.4 Å². The molecule has 3 aromatic rings. The number of amides is 2. The minimum absolute atomic E-state index is 0.0239. The second kappa shape index (κ2) is 13.9. The zero-order valence-corrected chi connectivity index (χ0v) is 25.9. The maximum absolute atomic E-state index is 14.1. The van der Waals surface area contributed by atoms with Crippen molar-refractivity contribution in [3.8, 4) is 5.75 Å². The van der Waals surface area contributed by atoms with Crippen LogP contribution in [0.5, 0.6) is 5.75 Å². The number of halogens is 1. The third-order valence-electron chi connectivity index (χ3n) is 7.08. The third-order valence-corrected chi connectivity index (χ3v) is 9.16. The highest BCUT2D eigenvalue weighted by molar-refractivity contribution is 7.92. The van der Waals surface area contributed by atoms with Crippen LogP contribution in [0.4, 0.5) is 5.69 Å². The molecule has 0 heterocycles. The molecule has 0 fully saturated rings. The summed E-state index contributed by atoms with van der Waals surface area (Å²) >= 11 is 6.37. The van der Waals surface area contributed by atoms with E-state index in [1.54, 1.807) is 25.1 Å². The molecule has 8 nitrogen and oxygen atoms in total. The highest BCUT2D eigenvalue weighted by Gasteiger charge is 2.33. The molecule has 0 aliphatic rings. The number of carbonyl (C=O) groups is 2. The van der Waals surface area contributed by atoms with Gasteiger partial charge in [0.25, 0.3) is 10.0 Å². The van der Waals surface area contributed by atoms with Crippen molar-refractivity contribution in [1.82, 2.24) is 10.2 Å². The second-order valence-electron chi connectivity index (χ2n) is 10.1. The molecule has 0 aromatic heterocycles. The molecular weight excluding hydrogens is 562 g/mol. The predicted molar refractivity (Wildman–Crippen MR) is 163 cm³/mol. The van der Waals surface area contributed by atoms with E-state index in [4.69, 9.17) is 16.3 Å². The molecule has 0 saturated carbocycles. The van der Waals surface area contributed by atoms with Gasteiger partial charge in [-0.05, 0) is 75.6 Å². The number of sulfonamides is 1. The number of hydrogen-bond donors (Lipinski definition) is 1. The van der Waals surface area contributed by atoms with E-state index in [1.165, 1.54) is 36.3 Å². The summed E-state index contributed by atoms with van der Waals surface area (Å²) in [5, 5.41) is 3.13. The Morgan fingerprint density at radius 2 is 1.66 bits per heavy atom. The number of anilines is 1. The second-order valence-corrected chi connectivity index (χ2v) is 12.4. The topological polar surface area (TPSA) is 96.0 Å². The fraction of sp³-hybridized carbons (Fsp3) is 0.355. The fourth-order valence-corrected chi connectivity index (χ4v) is 5.85. The summed E-state index contributed by atoms with van der Waals surface area (Å²) in [4.78, 5) is 28.7. The number of methoxy groups -OCH3 is 1. The molecule has 10 heteroatoms. The molecule has 0 spiro atoms. The van der Waals surface area contributed by atoms with E-state index < -0.39 is 28.5 Å². The maximum Gasteiger partial charge on any atom is 0.264 e. The average molecular weight is 600 g/mol. The van der Waals surface area contributed by atoms with Gasteiger partial charge in [0.05, 0.1) is 22.7 Å². The summed E-state index contributed by atoms with van der Waals surface area (Å²) in [5.41, 5.74) is 2.89. The van der Waals surface area contributed by atoms with Crippen LogP contribution in [0.2, 0.25) is 5.02 Å². The van der Waals surface area contributed by atoms with E-state index in [9.17, 15) is 18.0 Å². The molecule has 2 amide bonds. The normalized spacial score (nSPS) is 12.8. The lowest BCUT2D eigenvalue weighted by atomic mass is 10.1. The SMILES string of the molecule is CC[C@H](C)NC(=O)[C@@H](C)N(Cc1ccccc1C)C(=O)CN(c1ccc(OC)c(Cl)c1)S(=O)(=O)c1ccc(C)cc1. The van der Waals surface area contributed by atoms with Gasteiger partial charge >= 0.3 is 0 Å². The van der Waals surface area contributed by atoms with Crippen molar-refractivity contribution in [3.63, 3.8) is 0 Å². The van der Waals surface area contributed by atoms with Gasteiger partial charge < -0.3 is 15.0 Å². The van der Waals surface area contributed by atoms with Crippen molar-refractivity contribution < 1.29 is 22.7 Å². The summed E-state index contributed by atoms with van der Waals surface area (Å²) in [6, 6.07) is 17.6. The summed E-state index contributed by atoms with van der Waals surface area (Å²) in [6.07, 6.45) is 0.727. The summed E-state index contributed by atoms with van der Waals surface area (Å²) in [7, 11) is -2.74. The lowest BCUT2D eigenvalue weighted by Gasteiger charge is -2.33. The van der Waals surface area contributed by atoms with Crippen LogP contribution in [-0.4, -0.2) is 50.9 Å². The van der Waals surface area contributed by atoms with Gasteiger partial charge in [0, 0.05) is 12.6 Å². The lowest BCUT2D eigenvalue weighted by molar-refractivity contribution is -0.139. The minimum Gasteiger partial charge on any atom is -0.495 e. The van der Waals surface area contributed by atoms with Crippen LogP contribution in [0.1, 0.15) is 43.9 Å². The predicted octanol–water partition coefficient (Wildman–Crippen LogP) is 5.49. The van der Waals surface area contributed by atoms with E-state index in [0.29, 0.717) is 5.75 Å². The number of ether oxygens (including phenoxy) is 1. The van der Waals surface area contributed by atoms with Gasteiger partial charge in [-0.2, -0.15) is 0 Å². The Hall–Kier alpha value is -3.56. The Balaban J connectivity index is 2.07. The quantitative estimate of drug-likeness (QED) is 0.297. The van der Waals surface area contributed by atoms with Gasteiger partial charge in [0.15, 0.2) is 0 Å². The van der Waals surface area contributed by atoms with Crippen molar-refractivity contribution in [3.05, 3.63) is 88.4 Å². The van der Waals surface area contributed by atoms with Crippen LogP contribution in [0.15, 0.2) is 71.6 Å². The van der Waals surface area contributed by atoms with Crippen molar-refractivity contribution in [1.29, 1.82) is 0 Å². The molecule has 0 saturated heterocycles. The number of rotatable bonds is 12. The molecular formula is C31H38ClN3O5S. The van der Waals surface area contributed by atoms with Gasteiger partial charge in [0.1, 0.15) is 18.3 Å². The Morgan fingerprint density at radius 1 is 1.00 bits per heavy atom. The van der Waals surface area contributed by atoms with Gasteiger partial charge in [-0.15, -0.1) is 0 Å². The maximum atomic E-state index is 14.1. The highest BCUT2D eigenvalue weighted by Crippen LogP contribution is 2.32. The Bertz CT molecular complexity index is 1480. The van der Waals surface area contributed by atoms with Crippen molar-refractivity contribution in [2.24, 2.45) is 0 Å². The average Bonchev–Trinajstić information content (AvgIpc) is 2.95. The first-order valence-corrected chi connectivity index (χ1v) is 15.3. The Kier molecular flexibility index (Phi) is 10.8. The minimum atomic E-state index is -4.20. The van der Waals surface area contributed by atoms with Crippen LogP contribution in [-0.2, 0) is 26.2 Å². The van der Waals surface area contributed by atoms with Gasteiger partial charge in [-0.1, -0.05) is 60.5 Å². The first kappa shape index (κ1) is 32.0. The number of benzene rings is 3. The number of nitrogens with one attached hydrogen (secondary N) is 1. The first-order valence-electron chi connectivity index (χ1n) is 13.5. The molecule has 3 aromatic carbocycles. The van der Waals surface area contributed by atoms with Crippen LogP contribution < -0.4 is 14.4 Å². The summed E-state index contributed by atoms with van der Waals surface area (Å²) in [5.74, 6) is -0.490. The molecule has 0 bridgehead atoms. The molecule has 0 unspecified atom stereocenters. The fourth-order valence-electron chi connectivity index (χ4n) is 4.20. The highest BCUT2D eigenvalue weighted by atomic mass is 35.5. The molecule has 0 aliphatic carbocycles. The van der Waals surface area contributed by atoms with E-state index in [-0.39, 0.29) is 34.1 Å². The van der Waals surface area contributed by atoms with E-state index >= 15 is 0 Å². The van der Waals surface area contributed by atoms with Gasteiger partial charge in [-0.25, -0.2) is 8.42 Å². The Morgan fingerprint density at radius 3 is 2.24 bits per heavy atom. The molecule has 0 aliphatic heterocycles. The first-order chi connectivity index (χ1) is 19.4. The van der Waals surface area contributed by atoms with E-state index in [2.05, 4.69) is 5.32 Å². The van der Waals surface area contributed by atoms with Crippen LogP contribution in [0, 0.1) is 13.8 Å².